The largest absolute Gasteiger partial charge is 0.505 e. The first-order chi connectivity index (χ1) is 25.6. The number of halogens is 1. The Labute approximate surface area is 302 Å². The van der Waals surface area contributed by atoms with Crippen LogP contribution in [0.2, 0.25) is 0 Å². The molecule has 0 saturated carbocycles. The number of hydrogen-bond acceptors (Lipinski definition) is 8. The van der Waals surface area contributed by atoms with Gasteiger partial charge in [-0.2, -0.15) is 0 Å². The van der Waals surface area contributed by atoms with E-state index in [1.165, 1.54) is 39.9 Å². The average Bonchev–Trinajstić information content (AvgIpc) is 3.76. The van der Waals surface area contributed by atoms with Crippen molar-refractivity contribution in [3.8, 4) is 5.75 Å². The fraction of sp³-hybridized carbons (Fsp3) is 0.306. The van der Waals surface area contributed by atoms with Crippen molar-refractivity contribution in [1.29, 1.82) is 0 Å². The van der Waals surface area contributed by atoms with Gasteiger partial charge in [-0.25, -0.2) is 14.0 Å². The topological polar surface area (TPSA) is 207 Å². The SMILES string of the molecule is O=C(NCCN1CCNC1=O)c1ccccc1C(=O)NCCn1c(=O)c(C(=O)NCCN2CCNC2=O)c(O)c2ncc(Cc3ccc(F)cc3)cc21. The highest BCUT2D eigenvalue weighted by molar-refractivity contribution is 6.07. The zero-order chi connectivity index (χ0) is 37.5. The molecule has 0 spiro atoms. The minimum Gasteiger partial charge on any atom is -0.505 e. The number of aromatic hydroxyl groups is 1. The van der Waals surface area contributed by atoms with Crippen molar-refractivity contribution in [3.63, 3.8) is 0 Å². The molecule has 0 aliphatic carbocycles. The number of pyridine rings is 2. The number of fused-ring (bicyclic) bond motifs is 1. The van der Waals surface area contributed by atoms with Crippen LogP contribution in [0, 0.1) is 5.82 Å². The van der Waals surface area contributed by atoms with Crippen LogP contribution in [0.5, 0.6) is 5.75 Å². The summed E-state index contributed by atoms with van der Waals surface area (Å²) in [6.07, 6.45) is 1.81. The molecule has 4 heterocycles. The molecule has 2 fully saturated rings. The molecule has 276 valence electrons. The van der Waals surface area contributed by atoms with Crippen LogP contribution in [0.4, 0.5) is 14.0 Å². The van der Waals surface area contributed by atoms with Crippen molar-refractivity contribution in [2.75, 3.05) is 58.9 Å². The summed E-state index contributed by atoms with van der Waals surface area (Å²) in [5.41, 5.74) is 0.367. The molecule has 2 aromatic carbocycles. The van der Waals surface area contributed by atoms with Crippen LogP contribution >= 0.6 is 0 Å². The number of benzene rings is 2. The van der Waals surface area contributed by atoms with E-state index >= 15 is 0 Å². The van der Waals surface area contributed by atoms with Gasteiger partial charge in [0.1, 0.15) is 16.9 Å². The van der Waals surface area contributed by atoms with Crippen LogP contribution in [-0.2, 0) is 13.0 Å². The molecule has 16 nitrogen and oxygen atoms in total. The molecule has 7 amide bonds. The van der Waals surface area contributed by atoms with Crippen LogP contribution in [0.25, 0.3) is 11.0 Å². The van der Waals surface area contributed by atoms with Gasteiger partial charge in [0.05, 0.1) is 16.6 Å². The van der Waals surface area contributed by atoms with Gasteiger partial charge in [0.25, 0.3) is 23.3 Å². The number of hydrogen-bond donors (Lipinski definition) is 6. The van der Waals surface area contributed by atoms with E-state index < -0.39 is 40.4 Å². The van der Waals surface area contributed by atoms with Crippen molar-refractivity contribution in [2.24, 2.45) is 0 Å². The molecule has 0 radical (unpaired) electrons. The van der Waals surface area contributed by atoms with E-state index in [9.17, 15) is 38.3 Å². The Morgan fingerprint density at radius 1 is 0.755 bits per heavy atom. The van der Waals surface area contributed by atoms with Gasteiger partial charge < -0.3 is 46.1 Å². The summed E-state index contributed by atoms with van der Waals surface area (Å²) in [6.45, 7) is 2.43. The first-order valence-corrected chi connectivity index (χ1v) is 17.1. The Morgan fingerprint density at radius 2 is 1.30 bits per heavy atom. The monoisotopic (exact) mass is 727 g/mol. The smallest absolute Gasteiger partial charge is 0.317 e. The second kappa shape index (κ2) is 16.2. The van der Waals surface area contributed by atoms with Gasteiger partial charge in [-0.1, -0.05) is 24.3 Å². The summed E-state index contributed by atoms with van der Waals surface area (Å²) in [4.78, 5) is 84.8. The Kier molecular flexibility index (Phi) is 11.1. The highest BCUT2D eigenvalue weighted by atomic mass is 19.1. The maximum absolute atomic E-state index is 13.9. The van der Waals surface area contributed by atoms with Crippen molar-refractivity contribution < 1.29 is 33.5 Å². The summed E-state index contributed by atoms with van der Waals surface area (Å²) >= 11 is 0. The number of aromatic nitrogens is 2. The van der Waals surface area contributed by atoms with E-state index in [0.29, 0.717) is 44.7 Å². The summed E-state index contributed by atoms with van der Waals surface area (Å²) in [7, 11) is 0. The molecule has 2 saturated heterocycles. The third-order valence-electron chi connectivity index (χ3n) is 8.95. The van der Waals surface area contributed by atoms with Crippen molar-refractivity contribution in [1.82, 2.24) is 45.9 Å². The number of urea groups is 2. The van der Waals surface area contributed by atoms with E-state index in [1.54, 1.807) is 35.2 Å². The molecular weight excluding hydrogens is 689 g/mol. The van der Waals surface area contributed by atoms with Gasteiger partial charge >= 0.3 is 12.1 Å². The first-order valence-electron chi connectivity index (χ1n) is 17.1. The van der Waals surface area contributed by atoms with Crippen molar-refractivity contribution in [3.05, 3.63) is 105 Å². The van der Waals surface area contributed by atoms with Gasteiger partial charge in [-0.3, -0.25) is 24.2 Å². The summed E-state index contributed by atoms with van der Waals surface area (Å²) < 4.78 is 14.7. The lowest BCUT2D eigenvalue weighted by Gasteiger charge is -2.17. The summed E-state index contributed by atoms with van der Waals surface area (Å²) in [6, 6.07) is 13.2. The molecule has 2 aliphatic heterocycles. The van der Waals surface area contributed by atoms with Gasteiger partial charge in [0.2, 0.25) is 0 Å². The number of carbonyl (C=O) groups is 5. The minimum absolute atomic E-state index is 0.0177. The van der Waals surface area contributed by atoms with E-state index in [4.69, 9.17) is 0 Å². The molecule has 4 aromatic rings. The summed E-state index contributed by atoms with van der Waals surface area (Å²) in [5, 5.41) is 24.6. The highest BCUT2D eigenvalue weighted by Crippen LogP contribution is 2.26. The molecule has 17 heteroatoms. The van der Waals surface area contributed by atoms with Crippen molar-refractivity contribution in [2.45, 2.75) is 13.0 Å². The summed E-state index contributed by atoms with van der Waals surface area (Å²) in [5.74, 6) is -2.98. The Hall–Kier alpha value is -6.52. The fourth-order valence-electron chi connectivity index (χ4n) is 6.21. The van der Waals surface area contributed by atoms with Gasteiger partial charge in [0, 0.05) is 71.6 Å². The van der Waals surface area contributed by atoms with E-state index in [2.05, 4.69) is 31.6 Å². The molecule has 6 rings (SSSR count). The van der Waals surface area contributed by atoms with Gasteiger partial charge in [-0.15, -0.1) is 0 Å². The molecular formula is C36H38FN9O7. The Balaban J connectivity index is 1.21. The van der Waals surface area contributed by atoms with Crippen LogP contribution < -0.4 is 32.1 Å². The zero-order valence-corrected chi connectivity index (χ0v) is 28.6. The Morgan fingerprint density at radius 3 is 1.85 bits per heavy atom. The normalized spacial score (nSPS) is 13.9. The van der Waals surface area contributed by atoms with Crippen LogP contribution in [0.1, 0.15) is 42.2 Å². The fourth-order valence-corrected chi connectivity index (χ4v) is 6.21. The lowest BCUT2D eigenvalue weighted by molar-refractivity contribution is 0.0917. The first kappa shape index (κ1) is 36.3. The lowest BCUT2D eigenvalue weighted by Crippen LogP contribution is -2.40. The highest BCUT2D eigenvalue weighted by Gasteiger charge is 2.25. The standard InChI is InChI=1S/C36H38FN9O7/c37-24-7-5-22(6-8-24)19-23-20-27-29(43-21-23)30(47)28(33(50)40-10-15-45-17-12-42-36(45)53)34(51)46(27)18-13-39-32(49)26-4-2-1-3-25(26)31(48)38-9-14-44-16-11-41-35(44)52/h1-8,20-21,47H,9-19H2,(H,38,48)(H,39,49)(H,40,50)(H,41,52)(H,42,53). The zero-order valence-electron chi connectivity index (χ0n) is 28.6. The van der Waals surface area contributed by atoms with Crippen molar-refractivity contribution >= 4 is 40.8 Å². The number of nitrogens with one attached hydrogen (secondary N) is 5. The molecule has 53 heavy (non-hydrogen) atoms. The molecule has 0 atom stereocenters. The molecule has 6 N–H and O–H groups in total. The minimum atomic E-state index is -0.866. The van der Waals surface area contributed by atoms with Crippen LogP contribution in [-0.4, -0.2) is 113 Å². The predicted molar refractivity (Wildman–Crippen MR) is 190 cm³/mol. The number of carbonyl (C=O) groups excluding carboxylic acids is 5. The predicted octanol–water partition coefficient (Wildman–Crippen LogP) is 0.772. The second-order valence-corrected chi connectivity index (χ2v) is 12.4. The quantitative estimate of drug-likeness (QED) is 0.109. The second-order valence-electron chi connectivity index (χ2n) is 12.4. The molecule has 0 unspecified atom stereocenters. The number of nitrogens with zero attached hydrogens (tertiary/aromatic N) is 4. The third-order valence-corrected chi connectivity index (χ3v) is 8.95. The molecule has 2 aliphatic rings. The van der Waals surface area contributed by atoms with E-state index in [-0.39, 0.29) is 66.9 Å². The Bertz CT molecular complexity index is 2120. The maximum atomic E-state index is 13.9. The van der Waals surface area contributed by atoms with E-state index in [1.807, 2.05) is 0 Å². The van der Waals surface area contributed by atoms with E-state index in [0.717, 1.165) is 5.56 Å². The van der Waals surface area contributed by atoms with Crippen LogP contribution in [0.3, 0.4) is 0 Å². The van der Waals surface area contributed by atoms with Crippen LogP contribution in [0.15, 0.2) is 65.6 Å². The molecule has 0 bridgehead atoms. The third kappa shape index (κ3) is 8.35. The lowest BCUT2D eigenvalue weighted by atomic mass is 10.1. The number of rotatable bonds is 14. The average molecular weight is 728 g/mol. The van der Waals surface area contributed by atoms with Gasteiger partial charge in [0.15, 0.2) is 5.75 Å². The molecule has 2 aromatic heterocycles. The number of amides is 7. The maximum Gasteiger partial charge on any atom is 0.317 e. The van der Waals surface area contributed by atoms with Gasteiger partial charge in [-0.05, 0) is 47.9 Å².